The zero-order valence-corrected chi connectivity index (χ0v) is 5.20. The highest BCUT2D eigenvalue weighted by molar-refractivity contribution is 5.83. The molecule has 58 valence electrons. The van der Waals surface area contributed by atoms with Crippen LogP contribution in [0.3, 0.4) is 0 Å². The van der Waals surface area contributed by atoms with Crippen molar-refractivity contribution in [1.82, 2.24) is 0 Å². The summed E-state index contributed by atoms with van der Waals surface area (Å²) in [6.07, 6.45) is 0. The Kier molecular flexibility index (Phi) is 1.72. The van der Waals surface area contributed by atoms with Crippen LogP contribution in [0.5, 0.6) is 0 Å². The van der Waals surface area contributed by atoms with E-state index in [2.05, 4.69) is 4.42 Å². The molecule has 0 bridgehead atoms. The minimum absolute atomic E-state index is 0.562. The summed E-state index contributed by atoms with van der Waals surface area (Å²) in [5.41, 5.74) is -0.730. The Morgan fingerprint density at radius 2 is 2.18 bits per heavy atom. The van der Waals surface area contributed by atoms with Gasteiger partial charge in [-0.25, -0.2) is 4.79 Å². The zero-order chi connectivity index (χ0) is 8.43. The average Bonchev–Trinajstić information content (AvgIpc) is 1.85. The van der Waals surface area contributed by atoms with Gasteiger partial charge in [-0.15, -0.1) is 0 Å². The van der Waals surface area contributed by atoms with Crippen LogP contribution in [0.1, 0.15) is 10.6 Å². The van der Waals surface area contributed by atoms with Gasteiger partial charge < -0.3 is 9.52 Å². The summed E-state index contributed by atoms with van der Waals surface area (Å²) in [6.45, 7) is 0. The molecule has 1 aromatic rings. The Hall–Kier alpha value is -1.65. The van der Waals surface area contributed by atoms with Gasteiger partial charge in [0.25, 0.3) is 6.01 Å². The maximum Gasteiger partial charge on any atom is 0.372 e. The third-order valence-corrected chi connectivity index (χ3v) is 0.947. The van der Waals surface area contributed by atoms with Crippen molar-refractivity contribution in [3.05, 3.63) is 34.1 Å². The van der Waals surface area contributed by atoms with Crippen LogP contribution < -0.4 is 5.43 Å². The normalized spacial score (nSPS) is 9.55. The SMILES string of the molecule is O=C(O)c1cc(=O)cc(F)o1. The second-order valence-corrected chi connectivity index (χ2v) is 1.77. The van der Waals surface area contributed by atoms with Gasteiger partial charge >= 0.3 is 5.97 Å². The maximum atomic E-state index is 12.2. The number of carboxylic acid groups (broad SMARTS) is 1. The first kappa shape index (κ1) is 7.46. The number of hydrogen-bond acceptors (Lipinski definition) is 3. The molecule has 0 saturated carbocycles. The Labute approximate surface area is 59.9 Å². The third-order valence-electron chi connectivity index (χ3n) is 0.947. The second kappa shape index (κ2) is 2.53. The van der Waals surface area contributed by atoms with E-state index in [0.29, 0.717) is 12.1 Å². The summed E-state index contributed by atoms with van der Waals surface area (Å²) in [6, 6.07) is 0.0626. The van der Waals surface area contributed by atoms with Gasteiger partial charge in [-0.3, -0.25) is 4.79 Å². The first-order chi connectivity index (χ1) is 5.09. The van der Waals surface area contributed by atoms with Crippen LogP contribution in [0, 0.1) is 6.01 Å². The van der Waals surface area contributed by atoms with E-state index in [-0.39, 0.29) is 0 Å². The van der Waals surface area contributed by atoms with Gasteiger partial charge in [0.05, 0.1) is 6.07 Å². The van der Waals surface area contributed by atoms with Crippen LogP contribution in [0.15, 0.2) is 21.3 Å². The van der Waals surface area contributed by atoms with Crippen LogP contribution in [0.4, 0.5) is 4.39 Å². The van der Waals surface area contributed by atoms with Crippen LogP contribution in [-0.4, -0.2) is 11.1 Å². The van der Waals surface area contributed by atoms with Crippen LogP contribution in [-0.2, 0) is 0 Å². The monoisotopic (exact) mass is 158 g/mol. The van der Waals surface area contributed by atoms with Gasteiger partial charge in [-0.2, -0.15) is 4.39 Å². The fraction of sp³-hybridized carbons (Fsp3) is 0. The lowest BCUT2D eigenvalue weighted by Crippen LogP contribution is -2.05. The molecule has 1 N–H and O–H groups in total. The van der Waals surface area contributed by atoms with E-state index in [1.165, 1.54) is 0 Å². The van der Waals surface area contributed by atoms with E-state index in [1.807, 2.05) is 0 Å². The van der Waals surface area contributed by atoms with Crippen LogP contribution in [0.2, 0.25) is 0 Å². The minimum Gasteiger partial charge on any atom is -0.475 e. The lowest BCUT2D eigenvalue weighted by Gasteiger charge is -1.90. The molecule has 11 heavy (non-hydrogen) atoms. The standard InChI is InChI=1S/C6H3FO4/c7-5-2-3(8)1-4(11-5)6(9)10/h1-2H,(H,9,10). The molecule has 0 aliphatic carbocycles. The van der Waals surface area contributed by atoms with Crippen molar-refractivity contribution in [3.8, 4) is 0 Å². The quantitative estimate of drug-likeness (QED) is 0.645. The van der Waals surface area contributed by atoms with Crippen LogP contribution >= 0.6 is 0 Å². The van der Waals surface area contributed by atoms with Crippen molar-refractivity contribution in [3.63, 3.8) is 0 Å². The van der Waals surface area contributed by atoms with E-state index in [0.717, 1.165) is 0 Å². The summed E-state index contributed by atoms with van der Waals surface area (Å²) >= 11 is 0. The Bertz CT molecular complexity index is 341. The zero-order valence-electron chi connectivity index (χ0n) is 5.20. The highest BCUT2D eigenvalue weighted by atomic mass is 19.1. The molecule has 0 aliphatic rings. The summed E-state index contributed by atoms with van der Waals surface area (Å²) < 4.78 is 16.2. The molecule has 1 rings (SSSR count). The van der Waals surface area contributed by atoms with Crippen LogP contribution in [0.25, 0.3) is 0 Å². The summed E-state index contributed by atoms with van der Waals surface area (Å²) in [7, 11) is 0. The fourth-order valence-corrected chi connectivity index (χ4v) is 0.552. The smallest absolute Gasteiger partial charge is 0.372 e. The van der Waals surface area contributed by atoms with Gasteiger partial charge in [0, 0.05) is 6.07 Å². The largest absolute Gasteiger partial charge is 0.475 e. The molecule has 0 saturated heterocycles. The minimum atomic E-state index is -1.47. The molecule has 0 spiro atoms. The third kappa shape index (κ3) is 1.64. The van der Waals surface area contributed by atoms with Gasteiger partial charge in [0.1, 0.15) is 0 Å². The summed E-state index contributed by atoms with van der Waals surface area (Å²) in [5, 5.41) is 8.23. The molecule has 1 heterocycles. The van der Waals surface area contributed by atoms with Gasteiger partial charge in [0.15, 0.2) is 5.43 Å². The summed E-state index contributed by atoms with van der Waals surface area (Å²) in [5.74, 6) is -2.17. The molecule has 0 fully saturated rings. The van der Waals surface area contributed by atoms with Crippen molar-refractivity contribution in [1.29, 1.82) is 0 Å². The molecule has 0 aliphatic heterocycles. The van der Waals surface area contributed by atoms with E-state index in [1.54, 1.807) is 0 Å². The molecule has 0 amide bonds. The van der Waals surface area contributed by atoms with Crippen molar-refractivity contribution in [2.45, 2.75) is 0 Å². The molecule has 0 radical (unpaired) electrons. The number of carboxylic acids is 1. The Morgan fingerprint density at radius 1 is 1.55 bits per heavy atom. The summed E-state index contributed by atoms with van der Waals surface area (Å²) in [4.78, 5) is 20.6. The molecular weight excluding hydrogens is 155 g/mol. The fourth-order valence-electron chi connectivity index (χ4n) is 0.552. The molecule has 4 nitrogen and oxygen atoms in total. The van der Waals surface area contributed by atoms with E-state index in [9.17, 15) is 14.0 Å². The lowest BCUT2D eigenvalue weighted by molar-refractivity contribution is 0.0647. The van der Waals surface area contributed by atoms with Gasteiger partial charge in [-0.1, -0.05) is 0 Å². The first-order valence-corrected chi connectivity index (χ1v) is 2.63. The van der Waals surface area contributed by atoms with E-state index >= 15 is 0 Å². The maximum absolute atomic E-state index is 12.2. The highest BCUT2D eigenvalue weighted by Crippen LogP contribution is 1.98. The predicted molar refractivity (Wildman–Crippen MR) is 31.9 cm³/mol. The van der Waals surface area contributed by atoms with E-state index in [4.69, 9.17) is 5.11 Å². The topological polar surface area (TPSA) is 67.5 Å². The van der Waals surface area contributed by atoms with Gasteiger partial charge in [-0.05, 0) is 0 Å². The predicted octanol–water partition coefficient (Wildman–Crippen LogP) is 0.477. The van der Waals surface area contributed by atoms with E-state index < -0.39 is 23.2 Å². The molecule has 5 heteroatoms. The average molecular weight is 158 g/mol. The van der Waals surface area contributed by atoms with Crippen molar-refractivity contribution in [2.75, 3.05) is 0 Å². The highest BCUT2D eigenvalue weighted by Gasteiger charge is 2.07. The van der Waals surface area contributed by atoms with Gasteiger partial charge in [0.2, 0.25) is 5.76 Å². The number of rotatable bonds is 1. The van der Waals surface area contributed by atoms with Crippen molar-refractivity contribution < 1.29 is 18.7 Å². The molecular formula is C6H3FO4. The first-order valence-electron chi connectivity index (χ1n) is 2.63. The lowest BCUT2D eigenvalue weighted by atomic mass is 10.4. The van der Waals surface area contributed by atoms with Crippen molar-refractivity contribution in [2.24, 2.45) is 0 Å². The molecule has 0 atom stereocenters. The number of hydrogen-bond donors (Lipinski definition) is 1. The number of aromatic carboxylic acids is 1. The second-order valence-electron chi connectivity index (χ2n) is 1.77. The molecule has 0 unspecified atom stereocenters. The Balaban J connectivity index is 3.30. The Morgan fingerprint density at radius 3 is 2.64 bits per heavy atom. The number of halogens is 1. The number of carbonyl (C=O) groups is 1. The molecule has 0 aromatic carbocycles. The van der Waals surface area contributed by atoms with Crippen molar-refractivity contribution >= 4 is 5.97 Å². The molecule has 1 aromatic heterocycles.